The fourth-order valence-electron chi connectivity index (χ4n) is 1.97. The fourth-order valence-corrected chi connectivity index (χ4v) is 1.97. The van der Waals surface area contributed by atoms with Crippen LogP contribution in [-0.4, -0.2) is 25.2 Å². The molecule has 0 saturated carbocycles. The average molecular weight is 342 g/mol. The van der Waals surface area contributed by atoms with E-state index < -0.39 is 17.4 Å². The Morgan fingerprint density at radius 3 is 1.40 bits per heavy atom. The molecule has 0 bridgehead atoms. The second-order valence-electron chi connectivity index (χ2n) is 6.56. The molecule has 0 aliphatic carbocycles. The Kier molecular flexibility index (Phi) is 5.64. The Morgan fingerprint density at radius 2 is 1.08 bits per heavy atom. The van der Waals surface area contributed by atoms with Gasteiger partial charge in [-0.3, -0.25) is 0 Å². The van der Waals surface area contributed by atoms with Gasteiger partial charge in [-0.2, -0.15) is 0 Å². The molecule has 0 aliphatic rings. The van der Waals surface area contributed by atoms with Crippen LogP contribution < -0.4 is 11.5 Å². The number of hydrogen-bond donors (Lipinski definition) is 2. The van der Waals surface area contributed by atoms with E-state index in [-0.39, 0.29) is 13.2 Å². The molecule has 0 saturated heterocycles. The fraction of sp³-hybridized carbons (Fsp3) is 0.263. The van der Waals surface area contributed by atoms with Crippen LogP contribution >= 0.6 is 0 Å². The first-order valence-electron chi connectivity index (χ1n) is 7.82. The third-order valence-electron chi connectivity index (χ3n) is 3.48. The number of carbonyl (C=O) groups is 2. The van der Waals surface area contributed by atoms with E-state index in [1.807, 2.05) is 13.8 Å². The molecule has 0 amide bonds. The van der Waals surface area contributed by atoms with Gasteiger partial charge in [0.05, 0.1) is 24.3 Å². The van der Waals surface area contributed by atoms with Gasteiger partial charge < -0.3 is 20.9 Å². The van der Waals surface area contributed by atoms with Crippen molar-refractivity contribution in [2.45, 2.75) is 13.8 Å². The van der Waals surface area contributed by atoms with Crippen LogP contribution in [0.1, 0.15) is 34.6 Å². The van der Waals surface area contributed by atoms with Crippen LogP contribution in [0.4, 0.5) is 11.4 Å². The maximum atomic E-state index is 12.0. The first-order chi connectivity index (χ1) is 11.8. The lowest BCUT2D eigenvalue weighted by Gasteiger charge is -2.23. The van der Waals surface area contributed by atoms with Crippen molar-refractivity contribution in [1.29, 1.82) is 0 Å². The Bertz CT molecular complexity index is 674. The minimum Gasteiger partial charge on any atom is -0.461 e. The maximum Gasteiger partial charge on any atom is 0.338 e. The molecular weight excluding hydrogens is 320 g/mol. The van der Waals surface area contributed by atoms with Crippen molar-refractivity contribution in [1.82, 2.24) is 0 Å². The molecule has 6 heteroatoms. The highest BCUT2D eigenvalue weighted by atomic mass is 16.5. The zero-order valence-corrected chi connectivity index (χ0v) is 14.3. The van der Waals surface area contributed by atoms with Crippen molar-refractivity contribution < 1.29 is 19.1 Å². The van der Waals surface area contributed by atoms with E-state index in [0.717, 1.165) is 0 Å². The maximum absolute atomic E-state index is 12.0. The third-order valence-corrected chi connectivity index (χ3v) is 3.48. The van der Waals surface area contributed by atoms with Crippen LogP contribution in [0.3, 0.4) is 0 Å². The van der Waals surface area contributed by atoms with Crippen molar-refractivity contribution in [3.05, 3.63) is 59.7 Å². The topological polar surface area (TPSA) is 105 Å². The molecule has 0 aromatic heterocycles. The molecule has 2 rings (SSSR count). The predicted octanol–water partition coefficient (Wildman–Crippen LogP) is 2.89. The van der Waals surface area contributed by atoms with Gasteiger partial charge in [-0.05, 0) is 48.5 Å². The molecule has 0 aliphatic heterocycles. The molecule has 132 valence electrons. The quantitative estimate of drug-likeness (QED) is 0.618. The number of rotatable bonds is 6. The number of anilines is 2. The molecular formula is C19H22N2O4. The minimum absolute atomic E-state index is 0.116. The Labute approximate surface area is 146 Å². The highest BCUT2D eigenvalue weighted by Gasteiger charge is 2.23. The predicted molar refractivity (Wildman–Crippen MR) is 96.1 cm³/mol. The van der Waals surface area contributed by atoms with Crippen LogP contribution in [0, 0.1) is 5.41 Å². The van der Waals surface area contributed by atoms with Gasteiger partial charge in [0.2, 0.25) is 0 Å². The summed E-state index contributed by atoms with van der Waals surface area (Å²) in [5, 5.41) is 0. The molecule has 4 N–H and O–H groups in total. The minimum atomic E-state index is -0.521. The van der Waals surface area contributed by atoms with Crippen molar-refractivity contribution in [2.24, 2.45) is 5.41 Å². The summed E-state index contributed by atoms with van der Waals surface area (Å²) in [7, 11) is 0. The molecule has 0 heterocycles. The Balaban J connectivity index is 1.84. The van der Waals surface area contributed by atoms with Crippen LogP contribution in [0.25, 0.3) is 0 Å². The van der Waals surface area contributed by atoms with Gasteiger partial charge in [-0.25, -0.2) is 9.59 Å². The molecule has 0 atom stereocenters. The van der Waals surface area contributed by atoms with Crippen molar-refractivity contribution >= 4 is 23.3 Å². The molecule has 2 aromatic carbocycles. The van der Waals surface area contributed by atoms with E-state index in [1.54, 1.807) is 48.5 Å². The summed E-state index contributed by atoms with van der Waals surface area (Å²) in [4.78, 5) is 24.0. The standard InChI is InChI=1S/C19H22N2O4/c1-19(2,11-24-17(22)13-3-7-15(20)8-4-13)12-25-18(23)14-5-9-16(21)10-6-14/h3-10H,11-12,20-21H2,1-2H3. The lowest BCUT2D eigenvalue weighted by molar-refractivity contribution is 0.00617. The molecule has 0 unspecified atom stereocenters. The summed E-state index contributed by atoms with van der Waals surface area (Å²) >= 11 is 0. The van der Waals surface area contributed by atoms with E-state index in [2.05, 4.69) is 0 Å². The number of benzene rings is 2. The second-order valence-corrected chi connectivity index (χ2v) is 6.56. The number of nitrogen functional groups attached to an aromatic ring is 2. The van der Waals surface area contributed by atoms with Gasteiger partial charge in [0.15, 0.2) is 0 Å². The van der Waals surface area contributed by atoms with Crippen LogP contribution in [0.15, 0.2) is 48.5 Å². The SMILES string of the molecule is CC(C)(COC(=O)c1ccc(N)cc1)COC(=O)c1ccc(N)cc1. The van der Waals surface area contributed by atoms with Crippen LogP contribution in [-0.2, 0) is 9.47 Å². The first-order valence-corrected chi connectivity index (χ1v) is 7.82. The first kappa shape index (κ1) is 18.3. The van der Waals surface area contributed by atoms with Gasteiger partial charge in [0, 0.05) is 16.8 Å². The van der Waals surface area contributed by atoms with Gasteiger partial charge >= 0.3 is 11.9 Å². The number of nitrogens with two attached hydrogens (primary N) is 2. The van der Waals surface area contributed by atoms with E-state index in [1.165, 1.54) is 0 Å². The normalized spacial score (nSPS) is 11.0. The molecule has 6 nitrogen and oxygen atoms in total. The summed E-state index contributed by atoms with van der Waals surface area (Å²) in [6.45, 7) is 3.93. The number of hydrogen-bond acceptors (Lipinski definition) is 6. The Hall–Kier alpha value is -3.02. The summed E-state index contributed by atoms with van der Waals surface area (Å²) in [5.74, 6) is -0.893. The van der Waals surface area contributed by atoms with Gasteiger partial charge in [0.25, 0.3) is 0 Å². The molecule has 0 radical (unpaired) electrons. The monoisotopic (exact) mass is 342 g/mol. The zero-order chi connectivity index (χ0) is 18.4. The molecule has 0 fully saturated rings. The lowest BCUT2D eigenvalue weighted by Crippen LogP contribution is -2.28. The van der Waals surface area contributed by atoms with Gasteiger partial charge in [-0.15, -0.1) is 0 Å². The van der Waals surface area contributed by atoms with Crippen molar-refractivity contribution in [2.75, 3.05) is 24.7 Å². The lowest BCUT2D eigenvalue weighted by atomic mass is 9.96. The van der Waals surface area contributed by atoms with E-state index in [9.17, 15) is 9.59 Å². The number of esters is 2. The second kappa shape index (κ2) is 7.70. The smallest absolute Gasteiger partial charge is 0.338 e. The average Bonchev–Trinajstić information content (AvgIpc) is 2.59. The van der Waals surface area contributed by atoms with Gasteiger partial charge in [0.1, 0.15) is 0 Å². The van der Waals surface area contributed by atoms with E-state index in [4.69, 9.17) is 20.9 Å². The third kappa shape index (κ3) is 5.53. The van der Waals surface area contributed by atoms with Crippen LogP contribution in [0.5, 0.6) is 0 Å². The largest absolute Gasteiger partial charge is 0.461 e. The highest BCUT2D eigenvalue weighted by molar-refractivity contribution is 5.90. The van der Waals surface area contributed by atoms with Gasteiger partial charge in [-0.1, -0.05) is 13.8 Å². The Morgan fingerprint density at radius 1 is 0.760 bits per heavy atom. The van der Waals surface area contributed by atoms with E-state index in [0.29, 0.717) is 22.5 Å². The van der Waals surface area contributed by atoms with Crippen LogP contribution in [0.2, 0.25) is 0 Å². The molecule has 2 aromatic rings. The van der Waals surface area contributed by atoms with Crippen molar-refractivity contribution in [3.63, 3.8) is 0 Å². The van der Waals surface area contributed by atoms with Crippen molar-refractivity contribution in [3.8, 4) is 0 Å². The summed E-state index contributed by atoms with van der Waals surface area (Å²) < 4.78 is 10.6. The number of carbonyl (C=O) groups excluding carboxylic acids is 2. The highest BCUT2D eigenvalue weighted by Crippen LogP contribution is 2.18. The summed E-state index contributed by atoms with van der Waals surface area (Å²) in [6.07, 6.45) is 0. The number of ether oxygens (including phenoxy) is 2. The zero-order valence-electron chi connectivity index (χ0n) is 14.3. The summed E-state index contributed by atoms with van der Waals surface area (Å²) in [5.41, 5.74) is 12.6. The van der Waals surface area contributed by atoms with E-state index >= 15 is 0 Å². The molecule has 25 heavy (non-hydrogen) atoms. The molecule has 0 spiro atoms. The summed E-state index contributed by atoms with van der Waals surface area (Å²) in [6, 6.07) is 13.0.